The predicted octanol–water partition coefficient (Wildman–Crippen LogP) is 7.24. The zero-order valence-corrected chi connectivity index (χ0v) is 25.8. The minimum Gasteiger partial charge on any atom is -0.492 e. The standard InChI is InChI=1S/C38H43NO4/c1-5-27-14-21-34-32(24-27)18-16-30-15-17-31(29-10-8-7-9-11-29)26-35(30)37(34)39(3)22-23-43-33-19-12-28(13-20-33)25-36(41-4)38(40)42-6-2/h7-15,17,19-21,24,26,36-37H,5-6,16,18,22-23,25H2,1-4H3. The second-order valence-electron chi connectivity index (χ2n) is 11.2. The molecule has 224 valence electrons. The molecule has 4 aromatic rings. The summed E-state index contributed by atoms with van der Waals surface area (Å²) < 4.78 is 16.7. The number of ether oxygens (including phenoxy) is 3. The second-order valence-corrected chi connectivity index (χ2v) is 11.2. The lowest BCUT2D eigenvalue weighted by atomic mass is 9.90. The summed E-state index contributed by atoms with van der Waals surface area (Å²) in [6.45, 7) is 5.69. The molecule has 0 saturated heterocycles. The van der Waals surface area contributed by atoms with E-state index in [1.54, 1.807) is 6.92 Å². The van der Waals surface area contributed by atoms with E-state index >= 15 is 0 Å². The average Bonchev–Trinajstić information content (AvgIpc) is 3.20. The van der Waals surface area contributed by atoms with Gasteiger partial charge in [-0.05, 0) is 95.9 Å². The molecule has 0 fully saturated rings. The monoisotopic (exact) mass is 577 g/mol. The van der Waals surface area contributed by atoms with Gasteiger partial charge >= 0.3 is 5.97 Å². The zero-order chi connectivity index (χ0) is 30.2. The fourth-order valence-electron chi connectivity index (χ4n) is 6.03. The number of rotatable bonds is 12. The van der Waals surface area contributed by atoms with Gasteiger partial charge in [0, 0.05) is 20.1 Å². The molecule has 0 amide bonds. The van der Waals surface area contributed by atoms with Crippen molar-refractivity contribution in [3.8, 4) is 16.9 Å². The Kier molecular flexibility index (Phi) is 10.3. The Labute approximate surface area is 256 Å². The lowest BCUT2D eigenvalue weighted by Crippen LogP contribution is -2.30. The number of hydrogen-bond acceptors (Lipinski definition) is 5. The Bertz CT molecular complexity index is 1500. The maximum atomic E-state index is 12.1. The van der Waals surface area contributed by atoms with Gasteiger partial charge < -0.3 is 14.2 Å². The first-order valence-electron chi connectivity index (χ1n) is 15.4. The molecule has 0 heterocycles. The lowest BCUT2D eigenvalue weighted by molar-refractivity contribution is -0.154. The summed E-state index contributed by atoms with van der Waals surface area (Å²) in [7, 11) is 3.74. The van der Waals surface area contributed by atoms with Crippen LogP contribution in [0.2, 0.25) is 0 Å². The fourth-order valence-corrected chi connectivity index (χ4v) is 6.03. The van der Waals surface area contributed by atoms with Gasteiger partial charge in [-0.2, -0.15) is 0 Å². The van der Waals surface area contributed by atoms with Crippen molar-refractivity contribution >= 4 is 5.97 Å². The maximum absolute atomic E-state index is 12.1. The van der Waals surface area contributed by atoms with Crippen molar-refractivity contribution in [2.24, 2.45) is 0 Å². The van der Waals surface area contributed by atoms with Crippen LogP contribution < -0.4 is 4.74 Å². The van der Waals surface area contributed by atoms with Crippen molar-refractivity contribution in [1.29, 1.82) is 0 Å². The van der Waals surface area contributed by atoms with Gasteiger partial charge in [-0.25, -0.2) is 4.79 Å². The van der Waals surface area contributed by atoms with Crippen LogP contribution in [0, 0.1) is 0 Å². The molecule has 5 heteroatoms. The van der Waals surface area contributed by atoms with Crippen LogP contribution in [0.1, 0.15) is 53.3 Å². The molecule has 0 spiro atoms. The van der Waals surface area contributed by atoms with E-state index in [4.69, 9.17) is 14.2 Å². The Hall–Kier alpha value is -3.93. The number of fused-ring (bicyclic) bond motifs is 2. The first-order valence-corrected chi connectivity index (χ1v) is 15.4. The van der Waals surface area contributed by atoms with Gasteiger partial charge in [0.2, 0.25) is 0 Å². The van der Waals surface area contributed by atoms with Crippen molar-refractivity contribution < 1.29 is 19.0 Å². The molecular weight excluding hydrogens is 534 g/mol. The van der Waals surface area contributed by atoms with Crippen LogP contribution in [0.4, 0.5) is 0 Å². The molecule has 2 atom stereocenters. The third-order valence-electron chi connectivity index (χ3n) is 8.45. The average molecular weight is 578 g/mol. The molecule has 43 heavy (non-hydrogen) atoms. The van der Waals surface area contributed by atoms with E-state index in [0.29, 0.717) is 19.6 Å². The van der Waals surface area contributed by atoms with Crippen LogP contribution in [-0.2, 0) is 40.0 Å². The number of esters is 1. The summed E-state index contributed by atoms with van der Waals surface area (Å²) >= 11 is 0. The number of methoxy groups -OCH3 is 1. The lowest BCUT2D eigenvalue weighted by Gasteiger charge is -2.31. The van der Waals surface area contributed by atoms with E-state index in [9.17, 15) is 4.79 Å². The van der Waals surface area contributed by atoms with Gasteiger partial charge in [0.05, 0.1) is 12.6 Å². The molecule has 0 bridgehead atoms. The molecule has 0 saturated carbocycles. The Morgan fingerprint density at radius 3 is 2.30 bits per heavy atom. The summed E-state index contributed by atoms with van der Waals surface area (Å²) in [5.74, 6) is 0.472. The van der Waals surface area contributed by atoms with Crippen molar-refractivity contribution in [2.45, 2.75) is 51.7 Å². The predicted molar refractivity (Wildman–Crippen MR) is 173 cm³/mol. The van der Waals surface area contributed by atoms with Gasteiger partial charge in [-0.1, -0.05) is 79.7 Å². The smallest absolute Gasteiger partial charge is 0.335 e. The van der Waals surface area contributed by atoms with Crippen LogP contribution in [0.15, 0.2) is 91.0 Å². The van der Waals surface area contributed by atoms with Gasteiger partial charge in [0.15, 0.2) is 6.10 Å². The Morgan fingerprint density at radius 1 is 0.837 bits per heavy atom. The van der Waals surface area contributed by atoms with E-state index in [1.807, 2.05) is 24.3 Å². The minimum absolute atomic E-state index is 0.141. The molecule has 5 rings (SSSR count). The van der Waals surface area contributed by atoms with Crippen molar-refractivity contribution in [2.75, 3.05) is 33.9 Å². The third-order valence-corrected chi connectivity index (χ3v) is 8.45. The number of carbonyl (C=O) groups is 1. The normalized spacial score (nSPS) is 14.9. The van der Waals surface area contributed by atoms with Crippen molar-refractivity contribution in [3.05, 3.63) is 124 Å². The molecule has 1 aliphatic rings. The summed E-state index contributed by atoms with van der Waals surface area (Å²) in [4.78, 5) is 14.5. The highest BCUT2D eigenvalue weighted by molar-refractivity contribution is 5.75. The van der Waals surface area contributed by atoms with E-state index in [2.05, 4.69) is 85.6 Å². The number of nitrogens with zero attached hydrogens (tertiary/aromatic N) is 1. The summed E-state index contributed by atoms with van der Waals surface area (Å²) in [6, 6.07) is 32.7. The first-order chi connectivity index (χ1) is 21.0. The highest BCUT2D eigenvalue weighted by atomic mass is 16.6. The Balaban J connectivity index is 1.33. The van der Waals surface area contributed by atoms with Crippen LogP contribution >= 0.6 is 0 Å². The number of carbonyl (C=O) groups excluding carboxylic acids is 1. The SMILES string of the molecule is CCOC(=O)C(Cc1ccc(OCCN(C)C2c3ccc(CC)cc3CCc3ccc(-c4ccccc4)cc32)cc1)OC. The molecule has 4 aromatic carbocycles. The van der Waals surface area contributed by atoms with Gasteiger partial charge in [-0.15, -0.1) is 0 Å². The quantitative estimate of drug-likeness (QED) is 0.166. The molecule has 0 N–H and O–H groups in total. The largest absolute Gasteiger partial charge is 0.492 e. The second kappa shape index (κ2) is 14.5. The molecule has 2 unspecified atom stereocenters. The number of likely N-dealkylation sites (N-methyl/N-ethyl adjacent to an activating group) is 1. The molecule has 1 aliphatic carbocycles. The zero-order valence-electron chi connectivity index (χ0n) is 25.8. The van der Waals surface area contributed by atoms with E-state index < -0.39 is 6.10 Å². The first kappa shape index (κ1) is 30.5. The highest BCUT2D eigenvalue weighted by Crippen LogP contribution is 2.38. The van der Waals surface area contributed by atoms with Gasteiger partial charge in [0.25, 0.3) is 0 Å². The third kappa shape index (κ3) is 7.35. The molecule has 0 aromatic heterocycles. The molecule has 5 nitrogen and oxygen atoms in total. The van der Waals surface area contributed by atoms with E-state index in [1.165, 1.54) is 46.1 Å². The van der Waals surface area contributed by atoms with E-state index in [-0.39, 0.29) is 12.0 Å². The number of aryl methyl sites for hydroxylation is 3. The minimum atomic E-state index is -0.610. The van der Waals surface area contributed by atoms with Crippen molar-refractivity contribution in [3.63, 3.8) is 0 Å². The van der Waals surface area contributed by atoms with Crippen molar-refractivity contribution in [1.82, 2.24) is 4.90 Å². The van der Waals surface area contributed by atoms with Crippen LogP contribution in [0.3, 0.4) is 0 Å². The number of benzene rings is 4. The van der Waals surface area contributed by atoms with Gasteiger partial charge in [0.1, 0.15) is 12.4 Å². The maximum Gasteiger partial charge on any atom is 0.335 e. The highest BCUT2D eigenvalue weighted by Gasteiger charge is 2.28. The number of hydrogen-bond donors (Lipinski definition) is 0. The van der Waals surface area contributed by atoms with Crippen LogP contribution in [0.25, 0.3) is 11.1 Å². The Morgan fingerprint density at radius 2 is 1.58 bits per heavy atom. The fraction of sp³-hybridized carbons (Fsp3) is 0.342. The summed E-state index contributed by atoms with van der Waals surface area (Å²) in [6.07, 6.45) is 2.98. The van der Waals surface area contributed by atoms with Gasteiger partial charge in [-0.3, -0.25) is 4.90 Å². The van der Waals surface area contributed by atoms with Crippen LogP contribution in [0.5, 0.6) is 5.75 Å². The summed E-state index contributed by atoms with van der Waals surface area (Å²) in [5, 5.41) is 0. The van der Waals surface area contributed by atoms with Crippen LogP contribution in [-0.4, -0.2) is 50.9 Å². The molecular formula is C38H43NO4. The molecule has 0 aliphatic heterocycles. The van der Waals surface area contributed by atoms with E-state index in [0.717, 1.165) is 37.1 Å². The molecule has 0 radical (unpaired) electrons. The topological polar surface area (TPSA) is 48.0 Å². The summed E-state index contributed by atoms with van der Waals surface area (Å²) in [5.41, 5.74) is 10.5.